The Morgan fingerprint density at radius 1 is 1.33 bits per heavy atom. The smallest absolute Gasteiger partial charge is 0.167 e. The molecule has 1 atom stereocenters. The fourth-order valence-electron chi connectivity index (χ4n) is 2.18. The van der Waals surface area contributed by atoms with Gasteiger partial charge in [-0.25, -0.2) is 4.39 Å². The third-order valence-corrected chi connectivity index (χ3v) is 3.69. The highest BCUT2D eigenvalue weighted by molar-refractivity contribution is 5.29. The number of rotatable bonds is 10. The summed E-state index contributed by atoms with van der Waals surface area (Å²) < 4.78 is 19.2. The summed E-state index contributed by atoms with van der Waals surface area (Å²) in [5.74, 6) is 0.0475. The fourth-order valence-corrected chi connectivity index (χ4v) is 2.18. The maximum absolute atomic E-state index is 13.7. The van der Waals surface area contributed by atoms with Crippen LogP contribution in [0.25, 0.3) is 0 Å². The molecule has 3 nitrogen and oxygen atoms in total. The molecule has 4 heteroatoms. The Kier molecular flexibility index (Phi) is 7.68. The third kappa shape index (κ3) is 6.02. The summed E-state index contributed by atoms with van der Waals surface area (Å²) >= 11 is 0. The number of aryl methyl sites for hydroxylation is 1. The predicted octanol–water partition coefficient (Wildman–Crippen LogP) is 3.43. The van der Waals surface area contributed by atoms with Gasteiger partial charge in [-0.3, -0.25) is 0 Å². The molecular formula is C17H28FNO2. The zero-order valence-corrected chi connectivity index (χ0v) is 13.4. The summed E-state index contributed by atoms with van der Waals surface area (Å²) in [6.45, 7) is 7.39. The monoisotopic (exact) mass is 297 g/mol. The molecule has 0 bridgehead atoms. The van der Waals surface area contributed by atoms with E-state index in [1.165, 1.54) is 0 Å². The van der Waals surface area contributed by atoms with Gasteiger partial charge >= 0.3 is 0 Å². The highest BCUT2D eigenvalue weighted by Gasteiger charge is 2.21. The van der Waals surface area contributed by atoms with Crippen LogP contribution in [0.1, 0.15) is 45.1 Å². The highest BCUT2D eigenvalue weighted by Crippen LogP contribution is 2.20. The van der Waals surface area contributed by atoms with Crippen LogP contribution < -0.4 is 10.1 Å². The Morgan fingerprint density at radius 2 is 2.10 bits per heavy atom. The van der Waals surface area contributed by atoms with Crippen molar-refractivity contribution in [3.05, 3.63) is 29.6 Å². The van der Waals surface area contributed by atoms with Crippen LogP contribution in [0.5, 0.6) is 5.75 Å². The fraction of sp³-hybridized carbons (Fsp3) is 0.647. The molecule has 0 aromatic heterocycles. The molecule has 1 aromatic carbocycles. The zero-order chi connectivity index (χ0) is 15.7. The van der Waals surface area contributed by atoms with Crippen molar-refractivity contribution in [1.82, 2.24) is 5.32 Å². The molecule has 0 saturated heterocycles. The number of aliphatic hydroxyl groups excluding tert-OH is 1. The number of unbranched alkanes of at least 4 members (excludes halogenated alkanes) is 1. The minimum atomic E-state index is -0.276. The van der Waals surface area contributed by atoms with E-state index in [1.807, 2.05) is 6.92 Å². The van der Waals surface area contributed by atoms with Crippen LogP contribution in [-0.2, 0) is 0 Å². The van der Waals surface area contributed by atoms with E-state index in [2.05, 4.69) is 12.2 Å². The van der Waals surface area contributed by atoms with Crippen molar-refractivity contribution in [2.45, 2.75) is 52.0 Å². The molecule has 0 saturated carbocycles. The second-order valence-corrected chi connectivity index (χ2v) is 5.84. The molecule has 1 unspecified atom stereocenters. The van der Waals surface area contributed by atoms with Crippen molar-refractivity contribution in [3.8, 4) is 5.75 Å². The summed E-state index contributed by atoms with van der Waals surface area (Å²) in [4.78, 5) is 0. The second-order valence-electron chi connectivity index (χ2n) is 5.84. The number of halogens is 1. The van der Waals surface area contributed by atoms with Crippen LogP contribution in [-0.4, -0.2) is 30.4 Å². The SMILES string of the molecule is CCCNC(C)(CO)CCCCOc1cccc(C)c1F. The molecule has 0 fully saturated rings. The van der Waals surface area contributed by atoms with E-state index in [0.29, 0.717) is 17.9 Å². The molecule has 0 spiro atoms. The van der Waals surface area contributed by atoms with E-state index in [0.717, 1.165) is 32.2 Å². The molecule has 0 aliphatic heterocycles. The van der Waals surface area contributed by atoms with Crippen molar-refractivity contribution < 1.29 is 14.2 Å². The van der Waals surface area contributed by atoms with Crippen molar-refractivity contribution in [3.63, 3.8) is 0 Å². The van der Waals surface area contributed by atoms with Crippen LogP contribution in [0.3, 0.4) is 0 Å². The molecule has 1 rings (SSSR count). The van der Waals surface area contributed by atoms with Gasteiger partial charge in [-0.2, -0.15) is 0 Å². The molecule has 0 heterocycles. The lowest BCUT2D eigenvalue weighted by molar-refractivity contribution is 0.160. The Morgan fingerprint density at radius 3 is 2.76 bits per heavy atom. The molecule has 0 aliphatic carbocycles. The molecule has 1 aromatic rings. The topological polar surface area (TPSA) is 41.5 Å². The largest absolute Gasteiger partial charge is 0.491 e. The van der Waals surface area contributed by atoms with Gasteiger partial charge in [-0.1, -0.05) is 19.1 Å². The van der Waals surface area contributed by atoms with Crippen LogP contribution in [0.2, 0.25) is 0 Å². The molecule has 0 amide bonds. The second kappa shape index (κ2) is 9.00. The number of aliphatic hydroxyl groups is 1. The van der Waals surface area contributed by atoms with Crippen LogP contribution in [0, 0.1) is 12.7 Å². The lowest BCUT2D eigenvalue weighted by atomic mass is 9.95. The minimum Gasteiger partial charge on any atom is -0.491 e. The number of hydrogen-bond donors (Lipinski definition) is 2. The van der Waals surface area contributed by atoms with Crippen LogP contribution >= 0.6 is 0 Å². The summed E-state index contributed by atoms with van der Waals surface area (Å²) in [5.41, 5.74) is 0.369. The molecule has 0 radical (unpaired) electrons. The minimum absolute atomic E-state index is 0.125. The van der Waals surface area contributed by atoms with Crippen molar-refractivity contribution in [1.29, 1.82) is 0 Å². The van der Waals surface area contributed by atoms with E-state index in [-0.39, 0.29) is 18.0 Å². The number of hydrogen-bond acceptors (Lipinski definition) is 3. The standard InChI is InChI=1S/C17H28FNO2/c1-4-11-19-17(3,13-20)10-5-6-12-21-15-9-7-8-14(2)16(15)18/h7-9,19-20H,4-6,10-13H2,1-3H3. The number of benzene rings is 1. The van der Waals surface area contributed by atoms with E-state index in [1.54, 1.807) is 25.1 Å². The number of ether oxygens (including phenoxy) is 1. The van der Waals surface area contributed by atoms with Crippen molar-refractivity contribution >= 4 is 0 Å². The predicted molar refractivity (Wildman–Crippen MR) is 84.3 cm³/mol. The summed E-state index contributed by atoms with van der Waals surface area (Å²) in [6, 6.07) is 5.18. The van der Waals surface area contributed by atoms with Gasteiger partial charge in [0.15, 0.2) is 11.6 Å². The van der Waals surface area contributed by atoms with Gasteiger partial charge in [-0.15, -0.1) is 0 Å². The lowest BCUT2D eigenvalue weighted by Gasteiger charge is -2.28. The maximum atomic E-state index is 13.7. The van der Waals surface area contributed by atoms with Crippen LogP contribution in [0.4, 0.5) is 4.39 Å². The lowest BCUT2D eigenvalue weighted by Crippen LogP contribution is -2.46. The van der Waals surface area contributed by atoms with Gasteiger partial charge in [0.1, 0.15) is 0 Å². The molecule has 120 valence electrons. The van der Waals surface area contributed by atoms with Gasteiger partial charge in [-0.05, 0) is 57.7 Å². The molecular weight excluding hydrogens is 269 g/mol. The van der Waals surface area contributed by atoms with E-state index in [9.17, 15) is 9.50 Å². The Labute approximate surface area is 127 Å². The van der Waals surface area contributed by atoms with E-state index >= 15 is 0 Å². The molecule has 21 heavy (non-hydrogen) atoms. The van der Waals surface area contributed by atoms with Gasteiger partial charge in [0.2, 0.25) is 0 Å². The summed E-state index contributed by atoms with van der Waals surface area (Å²) in [5, 5.41) is 12.8. The third-order valence-electron chi connectivity index (χ3n) is 3.69. The van der Waals surface area contributed by atoms with Crippen molar-refractivity contribution in [2.75, 3.05) is 19.8 Å². The first-order valence-electron chi connectivity index (χ1n) is 7.76. The average molecular weight is 297 g/mol. The van der Waals surface area contributed by atoms with Crippen LogP contribution in [0.15, 0.2) is 18.2 Å². The first kappa shape index (κ1) is 17.9. The first-order valence-corrected chi connectivity index (χ1v) is 7.76. The number of nitrogens with one attached hydrogen (secondary N) is 1. The maximum Gasteiger partial charge on any atom is 0.167 e. The van der Waals surface area contributed by atoms with E-state index in [4.69, 9.17) is 4.74 Å². The van der Waals surface area contributed by atoms with Gasteiger partial charge in [0, 0.05) is 5.54 Å². The Bertz CT molecular complexity index is 425. The van der Waals surface area contributed by atoms with Gasteiger partial charge in [0.25, 0.3) is 0 Å². The molecule has 2 N–H and O–H groups in total. The first-order chi connectivity index (χ1) is 10.0. The molecule has 0 aliphatic rings. The zero-order valence-electron chi connectivity index (χ0n) is 13.4. The average Bonchev–Trinajstić information content (AvgIpc) is 2.49. The van der Waals surface area contributed by atoms with Gasteiger partial charge in [0.05, 0.1) is 13.2 Å². The van der Waals surface area contributed by atoms with Gasteiger partial charge < -0.3 is 15.2 Å². The summed E-state index contributed by atoms with van der Waals surface area (Å²) in [6.07, 6.45) is 3.70. The normalized spacial score (nSPS) is 14.0. The Balaban J connectivity index is 2.29. The van der Waals surface area contributed by atoms with Crippen molar-refractivity contribution in [2.24, 2.45) is 0 Å². The summed E-state index contributed by atoms with van der Waals surface area (Å²) in [7, 11) is 0. The Hall–Kier alpha value is -1.13. The quantitative estimate of drug-likeness (QED) is 0.650. The highest BCUT2D eigenvalue weighted by atomic mass is 19.1. The van der Waals surface area contributed by atoms with E-state index < -0.39 is 0 Å².